The second-order valence-electron chi connectivity index (χ2n) is 6.21. The number of Topliss-reactive ketones (excluding diaryl/α,β-unsaturated/α-hetero) is 1. The predicted molar refractivity (Wildman–Crippen MR) is 98.7 cm³/mol. The number of carbonyl (C=O) groups excluding carboxylic acids is 1. The molecule has 1 N–H and O–H groups in total. The molecule has 0 amide bonds. The van der Waals surface area contributed by atoms with Crippen LogP contribution in [0.3, 0.4) is 0 Å². The van der Waals surface area contributed by atoms with E-state index < -0.39 is 11.9 Å². The molecule has 3 rings (SSSR count). The molecule has 0 saturated carbocycles. The number of unbranched alkanes of at least 4 members (excludes halogenated alkanes) is 2. The lowest BCUT2D eigenvalue weighted by Crippen LogP contribution is -2.20. The number of aryl methyl sites for hydroxylation is 1. The highest BCUT2D eigenvalue weighted by Gasteiger charge is 2.22. The van der Waals surface area contributed by atoms with Gasteiger partial charge in [-0.25, -0.2) is 4.98 Å². The van der Waals surface area contributed by atoms with E-state index >= 15 is 0 Å². The summed E-state index contributed by atoms with van der Waals surface area (Å²) in [4.78, 5) is 20.4. The van der Waals surface area contributed by atoms with Crippen molar-refractivity contribution in [1.29, 1.82) is 0 Å². The van der Waals surface area contributed by atoms with E-state index in [2.05, 4.69) is 22.1 Å². The van der Waals surface area contributed by atoms with Crippen molar-refractivity contribution in [3.05, 3.63) is 72.4 Å². The van der Waals surface area contributed by atoms with Crippen molar-refractivity contribution in [2.75, 3.05) is 0 Å². The maximum atomic E-state index is 12.2. The molecule has 134 valence electrons. The third-order valence-corrected chi connectivity index (χ3v) is 4.22. The summed E-state index contributed by atoms with van der Waals surface area (Å²) in [6.45, 7) is 0. The Morgan fingerprint density at radius 3 is 2.58 bits per heavy atom. The van der Waals surface area contributed by atoms with E-state index in [0.29, 0.717) is 17.9 Å². The predicted octanol–water partition coefficient (Wildman–Crippen LogP) is 4.08. The van der Waals surface area contributed by atoms with Crippen molar-refractivity contribution in [3.63, 3.8) is 0 Å². The first-order chi connectivity index (χ1) is 12.7. The minimum Gasteiger partial charge on any atom is -0.432 e. The first kappa shape index (κ1) is 18.0. The molecule has 1 atom stereocenters. The normalized spacial score (nSPS) is 12.0. The molecule has 2 aromatic heterocycles. The van der Waals surface area contributed by atoms with Gasteiger partial charge in [0.1, 0.15) is 11.8 Å². The molecule has 5 heteroatoms. The van der Waals surface area contributed by atoms with Crippen LogP contribution in [0.15, 0.2) is 65.3 Å². The van der Waals surface area contributed by atoms with Gasteiger partial charge in [0.15, 0.2) is 5.76 Å². The van der Waals surface area contributed by atoms with Crippen molar-refractivity contribution in [2.45, 2.75) is 38.2 Å². The van der Waals surface area contributed by atoms with Crippen LogP contribution in [0, 0.1) is 0 Å². The molecule has 0 saturated heterocycles. The Bertz CT molecular complexity index is 816. The Kier molecular flexibility index (Phi) is 6.28. The molecular formula is C21H22N2O3. The number of aliphatic hydroxyl groups excluding tert-OH is 1. The number of hydrogen-bond acceptors (Lipinski definition) is 5. The van der Waals surface area contributed by atoms with Crippen molar-refractivity contribution >= 4 is 5.78 Å². The molecule has 5 nitrogen and oxygen atoms in total. The van der Waals surface area contributed by atoms with Crippen LogP contribution in [0.2, 0.25) is 0 Å². The van der Waals surface area contributed by atoms with Gasteiger partial charge in [-0.3, -0.25) is 9.78 Å². The molecule has 2 heterocycles. The molecule has 0 aliphatic rings. The summed E-state index contributed by atoms with van der Waals surface area (Å²) in [5.74, 6) is -0.123. The van der Waals surface area contributed by atoms with Crippen molar-refractivity contribution in [3.8, 4) is 11.5 Å². The van der Waals surface area contributed by atoms with E-state index in [0.717, 1.165) is 25.7 Å². The summed E-state index contributed by atoms with van der Waals surface area (Å²) in [5.41, 5.74) is 1.92. The van der Waals surface area contributed by atoms with Crippen molar-refractivity contribution in [1.82, 2.24) is 9.97 Å². The largest absolute Gasteiger partial charge is 0.432 e. The van der Waals surface area contributed by atoms with Crippen molar-refractivity contribution in [2.24, 2.45) is 0 Å². The zero-order chi connectivity index (χ0) is 18.2. The molecule has 26 heavy (non-hydrogen) atoms. The zero-order valence-electron chi connectivity index (χ0n) is 14.5. The van der Waals surface area contributed by atoms with Gasteiger partial charge in [0, 0.05) is 6.20 Å². The number of ketones is 1. The molecular weight excluding hydrogens is 328 g/mol. The molecule has 0 bridgehead atoms. The third-order valence-electron chi connectivity index (χ3n) is 4.22. The van der Waals surface area contributed by atoms with Gasteiger partial charge >= 0.3 is 0 Å². The van der Waals surface area contributed by atoms with Crippen LogP contribution >= 0.6 is 0 Å². The Morgan fingerprint density at radius 2 is 1.81 bits per heavy atom. The van der Waals surface area contributed by atoms with E-state index in [9.17, 15) is 9.90 Å². The number of nitrogens with zero attached hydrogens (tertiary/aromatic N) is 2. The van der Waals surface area contributed by atoms with E-state index in [1.54, 1.807) is 18.3 Å². The Hall–Kier alpha value is -2.79. The van der Waals surface area contributed by atoms with E-state index in [1.807, 2.05) is 24.3 Å². The molecule has 0 fully saturated rings. The molecule has 3 aromatic rings. The Morgan fingerprint density at radius 1 is 1.00 bits per heavy atom. The van der Waals surface area contributed by atoms with Crippen LogP contribution in [-0.4, -0.2) is 27.0 Å². The SMILES string of the molecule is O=C(c1ncc(-c2ccccn2)o1)C(O)CCCCCc1ccccc1. The minimum absolute atomic E-state index is 0.0672. The molecule has 0 spiro atoms. The van der Waals surface area contributed by atoms with Gasteiger partial charge in [0.25, 0.3) is 5.89 Å². The molecule has 1 unspecified atom stereocenters. The van der Waals surface area contributed by atoms with Gasteiger partial charge in [-0.2, -0.15) is 0 Å². The quantitative estimate of drug-likeness (QED) is 0.465. The first-order valence-corrected chi connectivity index (χ1v) is 8.87. The zero-order valence-corrected chi connectivity index (χ0v) is 14.5. The topological polar surface area (TPSA) is 76.2 Å². The highest BCUT2D eigenvalue weighted by atomic mass is 16.4. The fraction of sp³-hybridized carbons (Fsp3) is 0.286. The molecule has 0 aliphatic carbocycles. The monoisotopic (exact) mass is 350 g/mol. The summed E-state index contributed by atoms with van der Waals surface area (Å²) < 4.78 is 5.45. The van der Waals surface area contributed by atoms with Gasteiger partial charge in [-0.15, -0.1) is 0 Å². The summed E-state index contributed by atoms with van der Waals surface area (Å²) in [5, 5.41) is 10.1. The van der Waals surface area contributed by atoms with Crippen LogP contribution in [0.1, 0.15) is 41.9 Å². The highest BCUT2D eigenvalue weighted by molar-refractivity contribution is 5.95. The van der Waals surface area contributed by atoms with Gasteiger partial charge < -0.3 is 9.52 Å². The van der Waals surface area contributed by atoms with Gasteiger partial charge in [-0.1, -0.05) is 49.2 Å². The first-order valence-electron chi connectivity index (χ1n) is 8.87. The van der Waals surface area contributed by atoms with Crippen LogP contribution < -0.4 is 0 Å². The lowest BCUT2D eigenvalue weighted by Gasteiger charge is -2.07. The Labute approximate surface area is 152 Å². The van der Waals surface area contributed by atoms with Gasteiger partial charge in [0.2, 0.25) is 5.78 Å². The second-order valence-corrected chi connectivity index (χ2v) is 6.21. The lowest BCUT2D eigenvalue weighted by molar-refractivity contribution is 0.0689. The molecule has 1 aromatic carbocycles. The average molecular weight is 350 g/mol. The third kappa shape index (κ3) is 4.86. The molecule has 0 aliphatic heterocycles. The van der Waals surface area contributed by atoms with Crippen LogP contribution in [0.4, 0.5) is 0 Å². The van der Waals surface area contributed by atoms with E-state index in [-0.39, 0.29) is 5.89 Å². The summed E-state index contributed by atoms with van der Waals surface area (Å²) in [7, 11) is 0. The fourth-order valence-corrected chi connectivity index (χ4v) is 2.78. The summed E-state index contributed by atoms with van der Waals surface area (Å²) in [6.07, 6.45) is 6.23. The summed E-state index contributed by atoms with van der Waals surface area (Å²) >= 11 is 0. The number of aliphatic hydroxyl groups is 1. The lowest BCUT2D eigenvalue weighted by atomic mass is 10.0. The number of pyridine rings is 1. The minimum atomic E-state index is -1.08. The van der Waals surface area contributed by atoms with Crippen LogP contribution in [0.25, 0.3) is 11.5 Å². The summed E-state index contributed by atoms with van der Waals surface area (Å²) in [6, 6.07) is 15.7. The van der Waals surface area contributed by atoms with E-state index in [4.69, 9.17) is 4.42 Å². The van der Waals surface area contributed by atoms with E-state index in [1.165, 1.54) is 11.8 Å². The highest BCUT2D eigenvalue weighted by Crippen LogP contribution is 2.19. The number of hydrogen-bond donors (Lipinski definition) is 1. The molecule has 0 radical (unpaired) electrons. The fourth-order valence-electron chi connectivity index (χ4n) is 2.78. The maximum Gasteiger partial charge on any atom is 0.266 e. The smallest absolute Gasteiger partial charge is 0.266 e. The number of carbonyl (C=O) groups is 1. The van der Waals surface area contributed by atoms with Crippen LogP contribution in [0.5, 0.6) is 0 Å². The van der Waals surface area contributed by atoms with Gasteiger partial charge in [0.05, 0.1) is 6.20 Å². The average Bonchev–Trinajstić information content (AvgIpc) is 3.18. The van der Waals surface area contributed by atoms with Crippen LogP contribution in [-0.2, 0) is 6.42 Å². The second kappa shape index (κ2) is 9.06. The number of oxazole rings is 1. The number of rotatable bonds is 9. The number of aromatic nitrogens is 2. The standard InChI is InChI=1S/C21H22N2O3/c24-18(13-6-2-5-11-16-9-3-1-4-10-16)20(25)21-23-15-19(26-21)17-12-7-8-14-22-17/h1,3-4,7-10,12,14-15,18,24H,2,5-6,11,13H2. The Balaban J connectivity index is 1.44. The van der Waals surface area contributed by atoms with Gasteiger partial charge in [-0.05, 0) is 37.0 Å². The van der Waals surface area contributed by atoms with Crippen molar-refractivity contribution < 1.29 is 14.3 Å². The number of benzene rings is 1. The maximum absolute atomic E-state index is 12.2.